The van der Waals surface area contributed by atoms with Crippen molar-refractivity contribution in [3.63, 3.8) is 0 Å². The number of benzene rings is 3. The van der Waals surface area contributed by atoms with Gasteiger partial charge in [0.2, 0.25) is 0 Å². The van der Waals surface area contributed by atoms with Crippen molar-refractivity contribution in [2.24, 2.45) is 0 Å². The molecule has 0 saturated carbocycles. The van der Waals surface area contributed by atoms with E-state index in [9.17, 15) is 4.79 Å². The third kappa shape index (κ3) is 3.32. The largest absolute Gasteiger partial charge is 0.378 e. The quantitative estimate of drug-likeness (QED) is 0.654. The Morgan fingerprint density at radius 3 is 2.00 bits per heavy atom. The van der Waals surface area contributed by atoms with Crippen molar-refractivity contribution >= 4 is 11.5 Å². The fourth-order valence-corrected chi connectivity index (χ4v) is 2.54. The molecule has 0 radical (unpaired) electrons. The van der Waals surface area contributed by atoms with Gasteiger partial charge in [0.25, 0.3) is 0 Å². The molecule has 0 saturated heterocycles. The summed E-state index contributed by atoms with van der Waals surface area (Å²) in [7, 11) is 3.94. The van der Waals surface area contributed by atoms with E-state index >= 15 is 0 Å². The summed E-state index contributed by atoms with van der Waals surface area (Å²) < 4.78 is 0. The number of ketones is 1. The number of carbonyl (C=O) groups is 1. The van der Waals surface area contributed by atoms with Gasteiger partial charge < -0.3 is 4.90 Å². The highest BCUT2D eigenvalue weighted by Crippen LogP contribution is 2.21. The second-order valence-electron chi connectivity index (χ2n) is 5.72. The molecule has 2 nitrogen and oxygen atoms in total. The molecule has 0 fully saturated rings. The van der Waals surface area contributed by atoms with Crippen molar-refractivity contribution in [1.82, 2.24) is 0 Å². The monoisotopic (exact) mass is 301 g/mol. The third-order valence-corrected chi connectivity index (χ3v) is 3.88. The predicted octanol–water partition coefficient (Wildman–Crippen LogP) is 4.65. The number of anilines is 1. The molecule has 0 heterocycles. The first-order valence-corrected chi connectivity index (χ1v) is 7.63. The number of hydrogen-bond donors (Lipinski definition) is 0. The molecule has 0 aliphatic carbocycles. The van der Waals surface area contributed by atoms with Gasteiger partial charge in [0.15, 0.2) is 5.78 Å². The summed E-state index contributed by atoms with van der Waals surface area (Å²) in [5, 5.41) is 0. The van der Waals surface area contributed by atoms with Crippen LogP contribution >= 0.6 is 0 Å². The van der Waals surface area contributed by atoms with Gasteiger partial charge in [-0.25, -0.2) is 0 Å². The third-order valence-electron chi connectivity index (χ3n) is 3.88. The van der Waals surface area contributed by atoms with Crippen LogP contribution < -0.4 is 4.90 Å². The zero-order chi connectivity index (χ0) is 16.2. The van der Waals surface area contributed by atoms with E-state index in [1.54, 1.807) is 0 Å². The van der Waals surface area contributed by atoms with Crippen molar-refractivity contribution in [2.75, 3.05) is 19.0 Å². The lowest BCUT2D eigenvalue weighted by molar-refractivity contribution is 0.103. The Bertz CT molecular complexity index is 805. The fourth-order valence-electron chi connectivity index (χ4n) is 2.54. The van der Waals surface area contributed by atoms with Gasteiger partial charge in [-0.1, -0.05) is 66.7 Å². The first-order valence-electron chi connectivity index (χ1n) is 7.63. The Balaban J connectivity index is 1.87. The normalized spacial score (nSPS) is 10.3. The molecular formula is C21H19NO. The van der Waals surface area contributed by atoms with Crippen molar-refractivity contribution < 1.29 is 4.79 Å². The summed E-state index contributed by atoms with van der Waals surface area (Å²) in [6.45, 7) is 0. The molecule has 2 heteroatoms. The van der Waals surface area contributed by atoms with E-state index < -0.39 is 0 Å². The highest BCUT2D eigenvalue weighted by atomic mass is 16.1. The number of rotatable bonds is 4. The molecule has 3 aromatic rings. The maximum absolute atomic E-state index is 12.7. The summed E-state index contributed by atoms with van der Waals surface area (Å²) >= 11 is 0. The molecule has 0 bridgehead atoms. The highest BCUT2D eigenvalue weighted by Gasteiger charge is 2.10. The SMILES string of the molecule is CN(C)c1cccc(C(=O)c2ccc(-c3ccccc3)cc2)c1. The average molecular weight is 301 g/mol. The molecule has 0 N–H and O–H groups in total. The zero-order valence-corrected chi connectivity index (χ0v) is 13.4. The average Bonchev–Trinajstić information content (AvgIpc) is 2.62. The Hall–Kier alpha value is -2.87. The van der Waals surface area contributed by atoms with E-state index in [4.69, 9.17) is 0 Å². The molecule has 0 aliphatic rings. The Kier molecular flexibility index (Phi) is 4.24. The summed E-state index contributed by atoms with van der Waals surface area (Å²) in [6, 6.07) is 25.6. The lowest BCUT2D eigenvalue weighted by atomic mass is 9.99. The number of hydrogen-bond acceptors (Lipinski definition) is 2. The van der Waals surface area contributed by atoms with Crippen molar-refractivity contribution in [2.45, 2.75) is 0 Å². The molecule has 3 aromatic carbocycles. The van der Waals surface area contributed by atoms with Crippen LogP contribution in [-0.2, 0) is 0 Å². The minimum Gasteiger partial charge on any atom is -0.378 e. The minimum absolute atomic E-state index is 0.0494. The first kappa shape index (κ1) is 15.0. The molecule has 23 heavy (non-hydrogen) atoms. The van der Waals surface area contributed by atoms with Gasteiger partial charge in [-0.3, -0.25) is 4.79 Å². The maximum Gasteiger partial charge on any atom is 0.193 e. The lowest BCUT2D eigenvalue weighted by Crippen LogP contribution is -2.10. The van der Waals surface area contributed by atoms with E-state index in [1.807, 2.05) is 85.7 Å². The van der Waals surface area contributed by atoms with Crippen LogP contribution in [0.25, 0.3) is 11.1 Å². The van der Waals surface area contributed by atoms with Crippen LogP contribution in [0.5, 0.6) is 0 Å². The molecular weight excluding hydrogens is 282 g/mol. The van der Waals surface area contributed by atoms with E-state index in [-0.39, 0.29) is 5.78 Å². The van der Waals surface area contributed by atoms with Crippen LogP contribution in [0.15, 0.2) is 78.9 Å². The molecule has 0 aliphatic heterocycles. The van der Waals surface area contributed by atoms with Crippen LogP contribution in [0.4, 0.5) is 5.69 Å². The van der Waals surface area contributed by atoms with Gasteiger partial charge >= 0.3 is 0 Å². The molecule has 0 aromatic heterocycles. The predicted molar refractivity (Wildman–Crippen MR) is 96.1 cm³/mol. The van der Waals surface area contributed by atoms with Crippen LogP contribution in [0.3, 0.4) is 0 Å². The summed E-state index contributed by atoms with van der Waals surface area (Å²) in [6.07, 6.45) is 0. The van der Waals surface area contributed by atoms with E-state index in [0.717, 1.165) is 16.8 Å². The molecule has 114 valence electrons. The Labute approximate surface area is 137 Å². The zero-order valence-electron chi connectivity index (χ0n) is 13.4. The Morgan fingerprint density at radius 2 is 1.35 bits per heavy atom. The Morgan fingerprint density at radius 1 is 0.696 bits per heavy atom. The highest BCUT2D eigenvalue weighted by molar-refractivity contribution is 6.09. The molecule has 0 unspecified atom stereocenters. The van der Waals surface area contributed by atoms with Crippen LogP contribution in [0.1, 0.15) is 15.9 Å². The number of nitrogens with zero attached hydrogens (tertiary/aromatic N) is 1. The first-order chi connectivity index (χ1) is 11.1. The van der Waals surface area contributed by atoms with Crippen molar-refractivity contribution in [3.05, 3.63) is 90.0 Å². The molecule has 0 spiro atoms. The minimum atomic E-state index is 0.0494. The van der Waals surface area contributed by atoms with Gasteiger partial charge in [-0.2, -0.15) is 0 Å². The molecule has 0 atom stereocenters. The number of carbonyl (C=O) groups excluding carboxylic acids is 1. The van der Waals surface area contributed by atoms with Crippen LogP contribution in [0, 0.1) is 0 Å². The maximum atomic E-state index is 12.7. The van der Waals surface area contributed by atoms with Gasteiger partial charge in [0, 0.05) is 30.9 Å². The topological polar surface area (TPSA) is 20.3 Å². The fraction of sp³-hybridized carbons (Fsp3) is 0.0952. The lowest BCUT2D eigenvalue weighted by Gasteiger charge is -2.13. The van der Waals surface area contributed by atoms with Crippen molar-refractivity contribution in [1.29, 1.82) is 0 Å². The van der Waals surface area contributed by atoms with Gasteiger partial charge in [-0.05, 0) is 23.3 Å². The van der Waals surface area contributed by atoms with Gasteiger partial charge in [-0.15, -0.1) is 0 Å². The molecule has 3 rings (SSSR count). The van der Waals surface area contributed by atoms with E-state index in [0.29, 0.717) is 11.1 Å². The van der Waals surface area contributed by atoms with E-state index in [2.05, 4.69) is 12.1 Å². The second kappa shape index (κ2) is 6.49. The van der Waals surface area contributed by atoms with Gasteiger partial charge in [0.05, 0.1) is 0 Å². The standard InChI is InChI=1S/C21H19NO/c1-22(2)20-10-6-9-19(15-20)21(23)18-13-11-17(12-14-18)16-7-4-3-5-8-16/h3-15H,1-2H3. The summed E-state index contributed by atoms with van der Waals surface area (Å²) in [4.78, 5) is 14.6. The van der Waals surface area contributed by atoms with Gasteiger partial charge in [0.1, 0.15) is 0 Å². The van der Waals surface area contributed by atoms with E-state index in [1.165, 1.54) is 0 Å². The van der Waals surface area contributed by atoms with Crippen LogP contribution in [-0.4, -0.2) is 19.9 Å². The van der Waals surface area contributed by atoms with Crippen LogP contribution in [0.2, 0.25) is 0 Å². The second-order valence-corrected chi connectivity index (χ2v) is 5.72. The summed E-state index contributed by atoms with van der Waals surface area (Å²) in [5.41, 5.74) is 4.71. The smallest absolute Gasteiger partial charge is 0.193 e. The summed E-state index contributed by atoms with van der Waals surface area (Å²) in [5.74, 6) is 0.0494. The molecule has 0 amide bonds. The van der Waals surface area contributed by atoms with Crippen molar-refractivity contribution in [3.8, 4) is 11.1 Å².